The molecule has 0 radical (unpaired) electrons. The maximum Gasteiger partial charge on any atom is 0.333 e. The van der Waals surface area contributed by atoms with Crippen LogP contribution in [0.15, 0.2) is 12.2 Å². The normalized spacial score (nSPS) is 12.9. The first-order valence-electron chi connectivity index (χ1n) is 9.41. The number of ether oxygens (including phenoxy) is 1. The summed E-state index contributed by atoms with van der Waals surface area (Å²) in [6, 6.07) is 3.72. The topological polar surface area (TPSA) is 35.5 Å². The Balaban J connectivity index is 4.77. The maximum absolute atomic E-state index is 11.6. The van der Waals surface area contributed by atoms with Crippen LogP contribution in [-0.2, 0) is 14.0 Å². The van der Waals surface area contributed by atoms with Crippen molar-refractivity contribution in [3.63, 3.8) is 0 Å². The van der Waals surface area contributed by atoms with Crippen molar-refractivity contribution in [2.24, 2.45) is 0 Å². The van der Waals surface area contributed by atoms with Crippen LogP contribution < -0.4 is 0 Å². The summed E-state index contributed by atoms with van der Waals surface area (Å²) in [6.45, 7) is 14.4. The lowest BCUT2D eigenvalue weighted by atomic mass is 10.3. The number of carbonyl (C=O) groups excluding carboxylic acids is 1. The van der Waals surface area contributed by atoms with E-state index >= 15 is 0 Å². The fraction of sp³-hybridized carbons (Fsp3) is 0.842. The van der Waals surface area contributed by atoms with E-state index in [0.29, 0.717) is 12.2 Å². The van der Waals surface area contributed by atoms with Gasteiger partial charge in [0.15, 0.2) is 8.32 Å². The van der Waals surface area contributed by atoms with E-state index in [1.807, 2.05) is 6.92 Å². The third-order valence-electron chi connectivity index (χ3n) is 4.21. The Bertz CT molecular complexity index is 320. The molecular formula is C19H38O3Si. The third kappa shape index (κ3) is 9.98. The van der Waals surface area contributed by atoms with Crippen molar-refractivity contribution in [1.82, 2.24) is 0 Å². The molecule has 1 atom stereocenters. The highest BCUT2D eigenvalue weighted by molar-refractivity contribution is 6.73. The fourth-order valence-electron chi connectivity index (χ4n) is 2.83. The van der Waals surface area contributed by atoms with Gasteiger partial charge in [0.1, 0.15) is 6.61 Å². The van der Waals surface area contributed by atoms with Crippen LogP contribution in [0.1, 0.15) is 73.1 Å². The summed E-state index contributed by atoms with van der Waals surface area (Å²) in [4.78, 5) is 11.6. The first kappa shape index (κ1) is 22.4. The molecular weight excluding hydrogens is 304 g/mol. The SMILES string of the molecule is C=C(C)C(=O)OCC(C)O[Si](CCCC)(CCCC)CCCC. The number of hydrogen-bond donors (Lipinski definition) is 0. The molecule has 3 nitrogen and oxygen atoms in total. The van der Waals surface area contributed by atoms with Gasteiger partial charge in [-0.25, -0.2) is 4.79 Å². The van der Waals surface area contributed by atoms with Crippen molar-refractivity contribution in [3.05, 3.63) is 12.2 Å². The van der Waals surface area contributed by atoms with E-state index in [9.17, 15) is 4.79 Å². The van der Waals surface area contributed by atoms with Gasteiger partial charge in [0.2, 0.25) is 0 Å². The fourth-order valence-corrected chi connectivity index (χ4v) is 7.84. The van der Waals surface area contributed by atoms with Crippen LogP contribution in [0.2, 0.25) is 18.1 Å². The van der Waals surface area contributed by atoms with Crippen LogP contribution in [0.4, 0.5) is 0 Å². The van der Waals surface area contributed by atoms with Gasteiger partial charge in [-0.3, -0.25) is 0 Å². The second-order valence-electron chi connectivity index (χ2n) is 6.80. The summed E-state index contributed by atoms with van der Waals surface area (Å²) in [5.74, 6) is -0.316. The summed E-state index contributed by atoms with van der Waals surface area (Å²) in [6.07, 6.45) is 7.38. The predicted octanol–water partition coefficient (Wildman–Crippen LogP) is 5.86. The summed E-state index contributed by atoms with van der Waals surface area (Å²) in [5.41, 5.74) is 0.448. The van der Waals surface area contributed by atoms with Crippen LogP contribution in [0.5, 0.6) is 0 Å². The Kier molecular flexibility index (Phi) is 12.4. The lowest BCUT2D eigenvalue weighted by Gasteiger charge is -2.34. The second-order valence-corrected chi connectivity index (χ2v) is 10.9. The van der Waals surface area contributed by atoms with Crippen LogP contribution >= 0.6 is 0 Å². The Morgan fingerprint density at radius 1 is 1.00 bits per heavy atom. The van der Waals surface area contributed by atoms with Crippen LogP contribution in [-0.4, -0.2) is 27.0 Å². The zero-order valence-electron chi connectivity index (χ0n) is 16.1. The number of unbranched alkanes of at least 4 members (excludes halogenated alkanes) is 3. The van der Waals surface area contributed by atoms with Crippen molar-refractivity contribution in [3.8, 4) is 0 Å². The average molecular weight is 343 g/mol. The van der Waals surface area contributed by atoms with E-state index in [0.717, 1.165) is 0 Å². The van der Waals surface area contributed by atoms with Gasteiger partial charge in [-0.2, -0.15) is 0 Å². The zero-order valence-corrected chi connectivity index (χ0v) is 17.1. The second kappa shape index (κ2) is 12.8. The molecule has 23 heavy (non-hydrogen) atoms. The first-order valence-corrected chi connectivity index (χ1v) is 11.9. The lowest BCUT2D eigenvalue weighted by Crippen LogP contribution is -2.42. The van der Waals surface area contributed by atoms with Gasteiger partial charge < -0.3 is 9.16 Å². The summed E-state index contributed by atoms with van der Waals surface area (Å²) >= 11 is 0. The van der Waals surface area contributed by atoms with Crippen molar-refractivity contribution >= 4 is 14.3 Å². The zero-order chi connectivity index (χ0) is 17.7. The highest BCUT2D eigenvalue weighted by atomic mass is 28.4. The monoisotopic (exact) mass is 342 g/mol. The van der Waals surface area contributed by atoms with Gasteiger partial charge in [0, 0.05) is 5.57 Å². The Morgan fingerprint density at radius 3 is 1.78 bits per heavy atom. The standard InChI is InChI=1S/C19H38O3Si/c1-7-10-13-23(14-11-8-2,15-12-9-3)22-18(6)16-21-19(20)17(4)5/h18H,4,7-16H2,1-3,5-6H3. The Hall–Kier alpha value is -0.613. The van der Waals surface area contributed by atoms with Gasteiger partial charge in [0.05, 0.1) is 6.10 Å². The molecule has 0 aromatic carbocycles. The van der Waals surface area contributed by atoms with Crippen molar-refractivity contribution in [2.75, 3.05) is 6.61 Å². The molecule has 136 valence electrons. The van der Waals surface area contributed by atoms with Crippen molar-refractivity contribution in [1.29, 1.82) is 0 Å². The third-order valence-corrected chi connectivity index (χ3v) is 8.90. The molecule has 0 spiro atoms. The van der Waals surface area contributed by atoms with Crippen molar-refractivity contribution < 1.29 is 14.0 Å². The van der Waals surface area contributed by atoms with E-state index in [2.05, 4.69) is 27.4 Å². The maximum atomic E-state index is 11.6. The highest BCUT2D eigenvalue weighted by Gasteiger charge is 2.35. The highest BCUT2D eigenvalue weighted by Crippen LogP contribution is 2.30. The molecule has 0 aromatic heterocycles. The van der Waals surface area contributed by atoms with Gasteiger partial charge in [-0.05, 0) is 32.0 Å². The van der Waals surface area contributed by atoms with Crippen LogP contribution in [0.25, 0.3) is 0 Å². The smallest absolute Gasteiger partial charge is 0.333 e. The molecule has 0 aliphatic carbocycles. The molecule has 0 amide bonds. The average Bonchev–Trinajstić information content (AvgIpc) is 2.53. The van der Waals surface area contributed by atoms with E-state index in [1.54, 1.807) is 6.92 Å². The molecule has 4 heteroatoms. The molecule has 1 unspecified atom stereocenters. The summed E-state index contributed by atoms with van der Waals surface area (Å²) < 4.78 is 11.9. The summed E-state index contributed by atoms with van der Waals surface area (Å²) in [5, 5.41) is 0. The van der Waals surface area contributed by atoms with E-state index in [-0.39, 0.29) is 12.1 Å². The molecule has 0 N–H and O–H groups in total. The first-order chi connectivity index (χ1) is 10.9. The molecule has 0 heterocycles. The summed E-state index contributed by atoms with van der Waals surface area (Å²) in [7, 11) is -1.73. The molecule has 0 saturated heterocycles. The molecule has 0 saturated carbocycles. The van der Waals surface area contributed by atoms with Crippen LogP contribution in [0.3, 0.4) is 0 Å². The van der Waals surface area contributed by atoms with Gasteiger partial charge in [0.25, 0.3) is 0 Å². The largest absolute Gasteiger partial charge is 0.460 e. The number of rotatable bonds is 14. The molecule has 0 aliphatic rings. The predicted molar refractivity (Wildman–Crippen MR) is 101 cm³/mol. The van der Waals surface area contributed by atoms with Gasteiger partial charge in [-0.15, -0.1) is 0 Å². The molecule has 0 rings (SSSR count). The van der Waals surface area contributed by atoms with E-state index in [4.69, 9.17) is 9.16 Å². The minimum atomic E-state index is -1.73. The van der Waals surface area contributed by atoms with Crippen LogP contribution in [0, 0.1) is 0 Å². The number of carbonyl (C=O) groups is 1. The minimum absolute atomic E-state index is 0.0180. The quantitative estimate of drug-likeness (QED) is 0.225. The molecule has 0 fully saturated rings. The molecule has 0 aliphatic heterocycles. The number of hydrogen-bond acceptors (Lipinski definition) is 3. The van der Waals surface area contributed by atoms with E-state index < -0.39 is 8.32 Å². The Labute approximate surface area is 145 Å². The minimum Gasteiger partial charge on any atom is -0.460 e. The number of esters is 1. The Morgan fingerprint density at radius 2 is 1.43 bits per heavy atom. The molecule has 0 aromatic rings. The van der Waals surface area contributed by atoms with Gasteiger partial charge in [-0.1, -0.05) is 65.9 Å². The molecule has 0 bridgehead atoms. The van der Waals surface area contributed by atoms with Gasteiger partial charge >= 0.3 is 5.97 Å². The van der Waals surface area contributed by atoms with E-state index in [1.165, 1.54) is 56.7 Å². The lowest BCUT2D eigenvalue weighted by molar-refractivity contribution is -0.141. The van der Waals surface area contributed by atoms with Crippen molar-refractivity contribution in [2.45, 2.75) is 97.4 Å².